The average Bonchev–Trinajstić information content (AvgIpc) is 3.14. The Morgan fingerprint density at radius 3 is 2.96 bits per heavy atom. The Bertz CT molecular complexity index is 718. The summed E-state index contributed by atoms with van der Waals surface area (Å²) in [5.74, 6) is 1.11. The van der Waals surface area contributed by atoms with Gasteiger partial charge in [0.1, 0.15) is 5.82 Å². The van der Waals surface area contributed by atoms with E-state index in [0.717, 1.165) is 50.7 Å². The standard InChI is InChI=1S/C17H27N7O/c1-4-23-9-6-18-16(23)13-22-7-5-8-24-15(12-22)10-14(20-24)11-19-17(25)21(2)3/h6,9-10H,4-5,7-8,11-13H2,1-3H3,(H,19,25). The zero-order valence-corrected chi connectivity index (χ0v) is 15.3. The van der Waals surface area contributed by atoms with E-state index in [1.54, 1.807) is 14.1 Å². The SMILES string of the molecule is CCn1ccnc1CN1CCCn2nc(CNC(=O)N(C)C)cc2C1. The molecule has 8 heteroatoms. The molecule has 0 aromatic carbocycles. The van der Waals surface area contributed by atoms with Crippen molar-refractivity contribution in [2.75, 3.05) is 20.6 Å². The molecular weight excluding hydrogens is 318 g/mol. The van der Waals surface area contributed by atoms with E-state index in [1.165, 1.54) is 10.6 Å². The highest BCUT2D eigenvalue weighted by molar-refractivity contribution is 5.73. The smallest absolute Gasteiger partial charge is 0.317 e. The van der Waals surface area contributed by atoms with Gasteiger partial charge in [0.05, 0.1) is 24.5 Å². The number of rotatable bonds is 5. The number of carbonyl (C=O) groups is 1. The number of hydrogen-bond acceptors (Lipinski definition) is 4. The molecule has 1 N–H and O–H groups in total. The summed E-state index contributed by atoms with van der Waals surface area (Å²) in [6.07, 6.45) is 4.96. The van der Waals surface area contributed by atoms with Crippen LogP contribution in [0.4, 0.5) is 4.79 Å². The normalized spacial score (nSPS) is 14.8. The van der Waals surface area contributed by atoms with Crippen molar-refractivity contribution < 1.29 is 4.79 Å². The molecular formula is C17H27N7O. The van der Waals surface area contributed by atoms with Crippen molar-refractivity contribution in [2.24, 2.45) is 0 Å². The molecule has 0 saturated carbocycles. The topological polar surface area (TPSA) is 71.2 Å². The number of aryl methyl sites for hydroxylation is 2. The van der Waals surface area contributed by atoms with Crippen LogP contribution in [0.15, 0.2) is 18.5 Å². The van der Waals surface area contributed by atoms with Gasteiger partial charge in [-0.25, -0.2) is 9.78 Å². The van der Waals surface area contributed by atoms with Crippen LogP contribution in [0.5, 0.6) is 0 Å². The fourth-order valence-corrected chi connectivity index (χ4v) is 3.11. The van der Waals surface area contributed by atoms with E-state index in [9.17, 15) is 4.79 Å². The molecule has 0 fully saturated rings. The molecule has 3 heterocycles. The Kier molecular flexibility index (Phi) is 5.37. The quantitative estimate of drug-likeness (QED) is 0.886. The highest BCUT2D eigenvalue weighted by atomic mass is 16.2. The zero-order chi connectivity index (χ0) is 17.8. The summed E-state index contributed by atoms with van der Waals surface area (Å²) >= 11 is 0. The van der Waals surface area contributed by atoms with Gasteiger partial charge < -0.3 is 14.8 Å². The summed E-state index contributed by atoms with van der Waals surface area (Å²) in [5, 5.41) is 7.51. The fourth-order valence-electron chi connectivity index (χ4n) is 3.11. The first-order valence-electron chi connectivity index (χ1n) is 8.80. The second-order valence-corrected chi connectivity index (χ2v) is 6.60. The fraction of sp³-hybridized carbons (Fsp3) is 0.588. The lowest BCUT2D eigenvalue weighted by Crippen LogP contribution is -2.34. The average molecular weight is 345 g/mol. The number of fused-ring (bicyclic) bond motifs is 1. The van der Waals surface area contributed by atoms with E-state index in [0.29, 0.717) is 6.54 Å². The van der Waals surface area contributed by atoms with Crippen molar-refractivity contribution in [1.82, 2.24) is 34.4 Å². The lowest BCUT2D eigenvalue weighted by Gasteiger charge is -2.19. The van der Waals surface area contributed by atoms with Crippen molar-refractivity contribution in [3.63, 3.8) is 0 Å². The molecule has 1 aliphatic rings. The summed E-state index contributed by atoms with van der Waals surface area (Å²) in [5.41, 5.74) is 2.10. The molecule has 0 atom stereocenters. The van der Waals surface area contributed by atoms with E-state index in [4.69, 9.17) is 0 Å². The highest BCUT2D eigenvalue weighted by Crippen LogP contribution is 2.16. The predicted molar refractivity (Wildman–Crippen MR) is 94.8 cm³/mol. The maximum atomic E-state index is 11.7. The number of nitrogens with one attached hydrogen (secondary N) is 1. The van der Waals surface area contributed by atoms with Gasteiger partial charge >= 0.3 is 6.03 Å². The van der Waals surface area contributed by atoms with Gasteiger partial charge in [0, 0.05) is 52.7 Å². The van der Waals surface area contributed by atoms with Crippen molar-refractivity contribution in [2.45, 2.75) is 46.1 Å². The highest BCUT2D eigenvalue weighted by Gasteiger charge is 2.18. The Labute approximate surface area is 148 Å². The molecule has 136 valence electrons. The molecule has 0 aliphatic carbocycles. The van der Waals surface area contributed by atoms with Gasteiger partial charge in [-0.15, -0.1) is 0 Å². The minimum Gasteiger partial charge on any atom is -0.334 e. The number of nitrogens with zero attached hydrogens (tertiary/aromatic N) is 6. The summed E-state index contributed by atoms with van der Waals surface area (Å²) in [6.45, 7) is 7.18. The van der Waals surface area contributed by atoms with Crippen molar-refractivity contribution in [3.8, 4) is 0 Å². The van der Waals surface area contributed by atoms with Crippen LogP contribution in [0.1, 0.15) is 30.6 Å². The molecule has 3 rings (SSSR count). The summed E-state index contributed by atoms with van der Waals surface area (Å²) < 4.78 is 4.26. The molecule has 0 saturated heterocycles. The number of amides is 2. The second kappa shape index (κ2) is 7.69. The van der Waals surface area contributed by atoms with Crippen LogP contribution < -0.4 is 5.32 Å². The lowest BCUT2D eigenvalue weighted by atomic mass is 10.3. The molecule has 0 radical (unpaired) electrons. The molecule has 0 unspecified atom stereocenters. The first-order chi connectivity index (χ1) is 12.1. The Hall–Kier alpha value is -2.35. The van der Waals surface area contributed by atoms with Crippen LogP contribution in [0.25, 0.3) is 0 Å². The van der Waals surface area contributed by atoms with E-state index in [2.05, 4.69) is 42.5 Å². The Morgan fingerprint density at radius 2 is 2.20 bits per heavy atom. The van der Waals surface area contributed by atoms with Crippen LogP contribution in [0, 0.1) is 0 Å². The monoisotopic (exact) mass is 345 g/mol. The van der Waals surface area contributed by atoms with E-state index in [1.807, 2.05) is 12.4 Å². The van der Waals surface area contributed by atoms with Crippen LogP contribution in [0.2, 0.25) is 0 Å². The molecule has 8 nitrogen and oxygen atoms in total. The third-order valence-corrected chi connectivity index (χ3v) is 4.48. The zero-order valence-electron chi connectivity index (χ0n) is 15.3. The summed E-state index contributed by atoms with van der Waals surface area (Å²) in [7, 11) is 3.46. The first-order valence-corrected chi connectivity index (χ1v) is 8.80. The third kappa shape index (κ3) is 4.19. The van der Waals surface area contributed by atoms with Gasteiger partial charge in [0.25, 0.3) is 0 Å². The molecule has 2 aromatic rings. The van der Waals surface area contributed by atoms with Crippen molar-refractivity contribution in [3.05, 3.63) is 35.7 Å². The molecule has 2 amide bonds. The first kappa shape index (κ1) is 17.5. The molecule has 2 aromatic heterocycles. The van der Waals surface area contributed by atoms with Gasteiger partial charge in [-0.1, -0.05) is 0 Å². The lowest BCUT2D eigenvalue weighted by molar-refractivity contribution is 0.217. The van der Waals surface area contributed by atoms with Crippen LogP contribution in [0.3, 0.4) is 0 Å². The number of urea groups is 1. The van der Waals surface area contributed by atoms with E-state index < -0.39 is 0 Å². The predicted octanol–water partition coefficient (Wildman–Crippen LogP) is 1.28. The van der Waals surface area contributed by atoms with Crippen LogP contribution in [-0.2, 0) is 32.7 Å². The second-order valence-electron chi connectivity index (χ2n) is 6.60. The van der Waals surface area contributed by atoms with Crippen LogP contribution in [-0.4, -0.2) is 55.8 Å². The Balaban J connectivity index is 1.65. The number of imidazole rings is 1. The number of aromatic nitrogens is 4. The maximum absolute atomic E-state index is 11.7. The van der Waals surface area contributed by atoms with Crippen LogP contribution >= 0.6 is 0 Å². The minimum atomic E-state index is -0.101. The van der Waals surface area contributed by atoms with E-state index >= 15 is 0 Å². The van der Waals surface area contributed by atoms with Crippen molar-refractivity contribution in [1.29, 1.82) is 0 Å². The number of carbonyl (C=O) groups excluding carboxylic acids is 1. The van der Waals surface area contributed by atoms with Gasteiger partial charge in [-0.05, 0) is 19.4 Å². The van der Waals surface area contributed by atoms with Gasteiger partial charge in [0.15, 0.2) is 0 Å². The molecule has 25 heavy (non-hydrogen) atoms. The minimum absolute atomic E-state index is 0.101. The van der Waals surface area contributed by atoms with Gasteiger partial charge in [-0.3, -0.25) is 9.58 Å². The van der Waals surface area contributed by atoms with Gasteiger partial charge in [0.2, 0.25) is 0 Å². The summed E-state index contributed by atoms with van der Waals surface area (Å²) in [6, 6.07) is 2.00. The maximum Gasteiger partial charge on any atom is 0.317 e. The molecule has 1 aliphatic heterocycles. The molecule has 0 spiro atoms. The largest absolute Gasteiger partial charge is 0.334 e. The van der Waals surface area contributed by atoms with Crippen molar-refractivity contribution >= 4 is 6.03 Å². The summed E-state index contributed by atoms with van der Waals surface area (Å²) in [4.78, 5) is 20.1. The third-order valence-electron chi connectivity index (χ3n) is 4.48. The number of hydrogen-bond donors (Lipinski definition) is 1. The van der Waals surface area contributed by atoms with Gasteiger partial charge in [-0.2, -0.15) is 5.10 Å². The molecule has 0 bridgehead atoms. The Morgan fingerprint density at radius 1 is 1.36 bits per heavy atom. The van der Waals surface area contributed by atoms with E-state index in [-0.39, 0.29) is 6.03 Å².